The largest absolute Gasteiger partial charge is 0.377 e. The SMILES string of the molecule is Brc1cccc(-c2cnnc(N3C4CCC3COC4)c2)c1. The van der Waals surface area contributed by atoms with E-state index in [0.717, 1.165) is 34.6 Å². The van der Waals surface area contributed by atoms with Gasteiger partial charge in [-0.3, -0.25) is 0 Å². The standard InChI is InChI=1S/C16H16BrN3O/c17-13-3-1-2-11(6-13)12-7-16(19-18-8-12)20-14-4-5-15(20)10-21-9-14/h1-3,6-8,14-15H,4-5,9-10H2. The van der Waals surface area contributed by atoms with Gasteiger partial charge < -0.3 is 9.64 Å². The van der Waals surface area contributed by atoms with Gasteiger partial charge in [0.25, 0.3) is 0 Å². The molecule has 2 bridgehead atoms. The van der Waals surface area contributed by atoms with Crippen molar-refractivity contribution in [2.75, 3.05) is 18.1 Å². The Bertz CT molecular complexity index is 647. The van der Waals surface area contributed by atoms with Gasteiger partial charge in [0.05, 0.1) is 31.5 Å². The quantitative estimate of drug-likeness (QED) is 0.837. The monoisotopic (exact) mass is 345 g/mol. The van der Waals surface area contributed by atoms with E-state index in [1.807, 2.05) is 18.3 Å². The molecular weight excluding hydrogens is 330 g/mol. The van der Waals surface area contributed by atoms with E-state index in [1.54, 1.807) is 0 Å². The Labute approximate surface area is 132 Å². The second kappa shape index (κ2) is 5.39. The summed E-state index contributed by atoms with van der Waals surface area (Å²) in [5, 5.41) is 8.58. The Hall–Kier alpha value is -1.46. The highest BCUT2D eigenvalue weighted by Crippen LogP contribution is 2.34. The summed E-state index contributed by atoms with van der Waals surface area (Å²) in [7, 11) is 0. The fourth-order valence-electron chi connectivity index (χ4n) is 3.31. The van der Waals surface area contributed by atoms with Crippen LogP contribution in [0.2, 0.25) is 0 Å². The molecule has 1 aromatic heterocycles. The van der Waals surface area contributed by atoms with Gasteiger partial charge in [-0.2, -0.15) is 5.10 Å². The van der Waals surface area contributed by atoms with E-state index < -0.39 is 0 Å². The Morgan fingerprint density at radius 3 is 2.67 bits per heavy atom. The number of rotatable bonds is 2. The molecule has 5 heteroatoms. The lowest BCUT2D eigenvalue weighted by Crippen LogP contribution is -2.46. The molecule has 2 atom stereocenters. The van der Waals surface area contributed by atoms with Crippen molar-refractivity contribution in [2.45, 2.75) is 24.9 Å². The van der Waals surface area contributed by atoms with Crippen molar-refractivity contribution in [3.05, 3.63) is 41.0 Å². The molecule has 4 rings (SSSR count). The van der Waals surface area contributed by atoms with Crippen LogP contribution in [-0.2, 0) is 4.74 Å². The molecule has 2 aliphatic rings. The molecule has 108 valence electrons. The molecule has 3 heterocycles. The molecule has 0 amide bonds. The van der Waals surface area contributed by atoms with E-state index in [9.17, 15) is 0 Å². The molecule has 0 aliphatic carbocycles. The predicted octanol–water partition coefficient (Wildman–Crippen LogP) is 3.27. The van der Waals surface area contributed by atoms with Crippen LogP contribution in [-0.4, -0.2) is 35.5 Å². The van der Waals surface area contributed by atoms with E-state index in [2.05, 4.69) is 49.2 Å². The Balaban J connectivity index is 1.70. The first kappa shape index (κ1) is 13.2. The Morgan fingerprint density at radius 1 is 1.10 bits per heavy atom. The summed E-state index contributed by atoms with van der Waals surface area (Å²) in [6.45, 7) is 1.61. The van der Waals surface area contributed by atoms with Crippen LogP contribution >= 0.6 is 15.9 Å². The number of hydrogen-bond acceptors (Lipinski definition) is 4. The van der Waals surface area contributed by atoms with Crippen LogP contribution in [0.15, 0.2) is 41.0 Å². The molecule has 4 nitrogen and oxygen atoms in total. The van der Waals surface area contributed by atoms with Gasteiger partial charge in [0.2, 0.25) is 0 Å². The van der Waals surface area contributed by atoms with Gasteiger partial charge in [0, 0.05) is 10.0 Å². The van der Waals surface area contributed by atoms with Crippen molar-refractivity contribution in [1.82, 2.24) is 10.2 Å². The minimum atomic E-state index is 0.454. The maximum Gasteiger partial charge on any atom is 0.152 e. The average molecular weight is 346 g/mol. The maximum absolute atomic E-state index is 5.64. The van der Waals surface area contributed by atoms with E-state index in [4.69, 9.17) is 4.74 Å². The third-order valence-corrected chi connectivity index (χ3v) is 4.80. The molecule has 2 aromatic rings. The van der Waals surface area contributed by atoms with Gasteiger partial charge >= 0.3 is 0 Å². The van der Waals surface area contributed by atoms with Crippen molar-refractivity contribution >= 4 is 21.7 Å². The summed E-state index contributed by atoms with van der Waals surface area (Å²) in [6, 6.07) is 11.3. The fraction of sp³-hybridized carbons (Fsp3) is 0.375. The number of anilines is 1. The van der Waals surface area contributed by atoms with Gasteiger partial charge in [-0.1, -0.05) is 28.1 Å². The lowest BCUT2D eigenvalue weighted by Gasteiger charge is -2.35. The minimum Gasteiger partial charge on any atom is -0.377 e. The number of nitrogens with zero attached hydrogens (tertiary/aromatic N) is 3. The lowest BCUT2D eigenvalue weighted by atomic mass is 10.1. The Morgan fingerprint density at radius 2 is 1.90 bits per heavy atom. The van der Waals surface area contributed by atoms with Crippen LogP contribution in [0, 0.1) is 0 Å². The van der Waals surface area contributed by atoms with Crippen LogP contribution in [0.25, 0.3) is 11.1 Å². The molecular formula is C16H16BrN3O. The molecule has 2 aliphatic heterocycles. The number of benzene rings is 1. The maximum atomic E-state index is 5.64. The molecule has 0 saturated carbocycles. The van der Waals surface area contributed by atoms with Crippen LogP contribution in [0.4, 0.5) is 5.82 Å². The first-order valence-corrected chi connectivity index (χ1v) is 8.05. The number of fused-ring (bicyclic) bond motifs is 2. The summed E-state index contributed by atoms with van der Waals surface area (Å²) >= 11 is 3.52. The number of morpholine rings is 1. The van der Waals surface area contributed by atoms with Gasteiger partial charge in [0.1, 0.15) is 0 Å². The zero-order chi connectivity index (χ0) is 14.2. The number of aromatic nitrogens is 2. The number of ether oxygens (including phenoxy) is 1. The van der Waals surface area contributed by atoms with E-state index >= 15 is 0 Å². The molecule has 0 radical (unpaired) electrons. The molecule has 2 unspecified atom stereocenters. The summed E-state index contributed by atoms with van der Waals surface area (Å²) in [6.07, 6.45) is 4.20. The summed E-state index contributed by atoms with van der Waals surface area (Å²) in [4.78, 5) is 2.40. The second-order valence-electron chi connectivity index (χ2n) is 5.64. The van der Waals surface area contributed by atoms with Crippen molar-refractivity contribution in [1.29, 1.82) is 0 Å². The second-order valence-corrected chi connectivity index (χ2v) is 6.56. The highest BCUT2D eigenvalue weighted by molar-refractivity contribution is 9.10. The topological polar surface area (TPSA) is 38.2 Å². The molecule has 2 fully saturated rings. The number of hydrogen-bond donors (Lipinski definition) is 0. The summed E-state index contributed by atoms with van der Waals surface area (Å²) < 4.78 is 6.72. The van der Waals surface area contributed by atoms with E-state index in [1.165, 1.54) is 12.8 Å². The predicted molar refractivity (Wildman–Crippen MR) is 85.3 cm³/mol. The van der Waals surface area contributed by atoms with Gasteiger partial charge in [-0.05, 0) is 36.6 Å². The van der Waals surface area contributed by atoms with Crippen molar-refractivity contribution in [3.63, 3.8) is 0 Å². The lowest BCUT2D eigenvalue weighted by molar-refractivity contribution is 0.0901. The fourth-order valence-corrected chi connectivity index (χ4v) is 3.71. The summed E-state index contributed by atoms with van der Waals surface area (Å²) in [5.74, 6) is 0.975. The van der Waals surface area contributed by atoms with Gasteiger partial charge in [0.15, 0.2) is 5.82 Å². The highest BCUT2D eigenvalue weighted by atomic mass is 79.9. The van der Waals surface area contributed by atoms with Crippen LogP contribution in [0.1, 0.15) is 12.8 Å². The highest BCUT2D eigenvalue weighted by Gasteiger charge is 2.38. The molecule has 0 N–H and O–H groups in total. The van der Waals surface area contributed by atoms with E-state index in [-0.39, 0.29) is 0 Å². The zero-order valence-corrected chi connectivity index (χ0v) is 13.2. The molecule has 2 saturated heterocycles. The minimum absolute atomic E-state index is 0.454. The molecule has 1 aromatic carbocycles. The van der Waals surface area contributed by atoms with Gasteiger partial charge in [-0.15, -0.1) is 5.10 Å². The third kappa shape index (κ3) is 2.45. The smallest absolute Gasteiger partial charge is 0.152 e. The van der Waals surface area contributed by atoms with E-state index in [0.29, 0.717) is 12.1 Å². The summed E-state index contributed by atoms with van der Waals surface area (Å²) in [5.41, 5.74) is 2.26. The van der Waals surface area contributed by atoms with Crippen molar-refractivity contribution in [3.8, 4) is 11.1 Å². The zero-order valence-electron chi connectivity index (χ0n) is 11.6. The van der Waals surface area contributed by atoms with Crippen LogP contribution < -0.4 is 4.90 Å². The third-order valence-electron chi connectivity index (χ3n) is 4.30. The Kier molecular flexibility index (Phi) is 3.39. The first-order valence-electron chi connectivity index (χ1n) is 7.26. The molecule has 21 heavy (non-hydrogen) atoms. The number of halogens is 1. The molecule has 0 spiro atoms. The van der Waals surface area contributed by atoms with Gasteiger partial charge in [-0.25, -0.2) is 0 Å². The van der Waals surface area contributed by atoms with Crippen LogP contribution in [0.3, 0.4) is 0 Å². The van der Waals surface area contributed by atoms with Crippen LogP contribution in [0.5, 0.6) is 0 Å². The first-order chi connectivity index (χ1) is 10.3. The normalized spacial score (nSPS) is 24.3. The van der Waals surface area contributed by atoms with Crippen molar-refractivity contribution < 1.29 is 4.74 Å². The average Bonchev–Trinajstić information content (AvgIpc) is 2.77. The van der Waals surface area contributed by atoms with Crippen molar-refractivity contribution in [2.24, 2.45) is 0 Å².